The monoisotopic (exact) mass is 415 g/mol. The topological polar surface area (TPSA) is 71.8 Å². The molecule has 3 fully saturated rings. The number of ether oxygens (including phenoxy) is 1. The maximum atomic E-state index is 13.0. The van der Waals surface area contributed by atoms with Crippen molar-refractivity contribution in [2.75, 3.05) is 19.7 Å². The molecule has 1 aromatic heterocycles. The summed E-state index contributed by atoms with van der Waals surface area (Å²) in [5, 5.41) is 0. The third kappa shape index (κ3) is 4.40. The number of esters is 1. The van der Waals surface area contributed by atoms with E-state index >= 15 is 0 Å². The van der Waals surface area contributed by atoms with Crippen LogP contribution in [-0.2, 0) is 21.4 Å². The van der Waals surface area contributed by atoms with Crippen molar-refractivity contribution in [1.29, 1.82) is 0 Å². The zero-order valence-electron chi connectivity index (χ0n) is 17.9. The summed E-state index contributed by atoms with van der Waals surface area (Å²) in [5.74, 6) is -0.465. The Morgan fingerprint density at radius 1 is 1.13 bits per heavy atom. The van der Waals surface area contributed by atoms with E-state index in [1.54, 1.807) is 0 Å². The Hall–Kier alpha value is -2.31. The minimum Gasteiger partial charge on any atom is -0.465 e. The molecule has 2 amide bonds. The molecule has 2 atom stereocenters. The second kappa shape index (κ2) is 9.23. The molecule has 2 unspecified atom stereocenters. The fourth-order valence-electron chi connectivity index (χ4n) is 5.27. The fraction of sp³-hybridized carbons (Fsp3) is 0.696. The summed E-state index contributed by atoms with van der Waals surface area (Å²) >= 11 is 0. The highest BCUT2D eigenvalue weighted by atomic mass is 16.5. The first kappa shape index (κ1) is 20.9. The average molecular weight is 416 g/mol. The quantitative estimate of drug-likeness (QED) is 0.670. The fourth-order valence-corrected chi connectivity index (χ4v) is 5.27. The van der Waals surface area contributed by atoms with E-state index in [2.05, 4.69) is 0 Å². The minimum absolute atomic E-state index is 0.0483. The van der Waals surface area contributed by atoms with Crippen LogP contribution in [0.4, 0.5) is 0 Å². The van der Waals surface area contributed by atoms with Crippen molar-refractivity contribution in [2.45, 2.75) is 69.9 Å². The number of hydrogen-bond acceptors (Lipinski definition) is 4. The summed E-state index contributed by atoms with van der Waals surface area (Å²) in [5.41, 5.74) is 0.690. The van der Waals surface area contributed by atoms with Crippen LogP contribution in [0.25, 0.3) is 0 Å². The molecule has 7 heteroatoms. The van der Waals surface area contributed by atoms with Crippen molar-refractivity contribution in [3.63, 3.8) is 0 Å². The molecule has 3 heterocycles. The Bertz CT molecular complexity index is 783. The van der Waals surface area contributed by atoms with Gasteiger partial charge in [0.15, 0.2) is 0 Å². The summed E-state index contributed by atoms with van der Waals surface area (Å²) in [4.78, 5) is 41.7. The molecule has 30 heavy (non-hydrogen) atoms. The van der Waals surface area contributed by atoms with Gasteiger partial charge in [-0.15, -0.1) is 0 Å². The van der Waals surface area contributed by atoms with Crippen molar-refractivity contribution >= 4 is 17.8 Å². The maximum Gasteiger partial charge on any atom is 0.311 e. The van der Waals surface area contributed by atoms with Gasteiger partial charge < -0.3 is 19.1 Å². The van der Waals surface area contributed by atoms with Crippen LogP contribution in [0.15, 0.2) is 18.3 Å². The first-order chi connectivity index (χ1) is 14.5. The molecule has 4 rings (SSSR count). The third-order valence-corrected chi connectivity index (χ3v) is 7.00. The number of piperidine rings is 1. The van der Waals surface area contributed by atoms with Crippen LogP contribution in [0.3, 0.4) is 0 Å². The van der Waals surface area contributed by atoms with Gasteiger partial charge in [0.2, 0.25) is 5.91 Å². The third-order valence-electron chi connectivity index (χ3n) is 7.00. The lowest BCUT2D eigenvalue weighted by atomic mass is 9.99. The average Bonchev–Trinajstić information content (AvgIpc) is 3.49. The van der Waals surface area contributed by atoms with Crippen LogP contribution in [0.1, 0.15) is 68.3 Å². The Morgan fingerprint density at radius 2 is 1.90 bits per heavy atom. The van der Waals surface area contributed by atoms with Crippen molar-refractivity contribution in [3.05, 3.63) is 24.0 Å². The highest BCUT2D eigenvalue weighted by molar-refractivity contribution is 5.93. The molecular formula is C23H33N3O4. The largest absolute Gasteiger partial charge is 0.465 e. The van der Waals surface area contributed by atoms with Crippen LogP contribution >= 0.6 is 0 Å². The molecule has 1 aliphatic carbocycles. The molecule has 1 aromatic rings. The highest BCUT2D eigenvalue weighted by Crippen LogP contribution is 2.30. The number of aromatic nitrogens is 1. The lowest BCUT2D eigenvalue weighted by Gasteiger charge is -2.35. The standard InChI is InChI=1S/C23H33N3O4/c1-24-12-6-10-20(24)22(28)25-13-5-4-9-19(25)11-14-30-23(29)17-15-21(27)26(16-17)18-7-2-3-8-18/h6,10,12,17-19H,2-5,7-9,11,13-16H2,1H3. The normalized spacial score (nSPS) is 25.2. The molecule has 2 saturated heterocycles. The van der Waals surface area contributed by atoms with Gasteiger partial charge in [-0.1, -0.05) is 12.8 Å². The molecule has 0 spiro atoms. The molecule has 0 N–H and O–H groups in total. The summed E-state index contributed by atoms with van der Waals surface area (Å²) in [6.45, 7) is 1.55. The van der Waals surface area contributed by atoms with Gasteiger partial charge in [0.05, 0.1) is 12.5 Å². The van der Waals surface area contributed by atoms with E-state index in [-0.39, 0.29) is 36.2 Å². The number of nitrogens with zero attached hydrogens (tertiary/aromatic N) is 3. The molecule has 1 saturated carbocycles. The van der Waals surface area contributed by atoms with Crippen molar-refractivity contribution in [1.82, 2.24) is 14.4 Å². The van der Waals surface area contributed by atoms with Gasteiger partial charge in [0.1, 0.15) is 5.69 Å². The van der Waals surface area contributed by atoms with Gasteiger partial charge in [-0.05, 0) is 44.2 Å². The van der Waals surface area contributed by atoms with Gasteiger partial charge in [-0.2, -0.15) is 0 Å². The smallest absolute Gasteiger partial charge is 0.311 e. The summed E-state index contributed by atoms with van der Waals surface area (Å²) in [7, 11) is 1.88. The highest BCUT2D eigenvalue weighted by Gasteiger charge is 2.39. The molecular weight excluding hydrogens is 382 g/mol. The summed E-state index contributed by atoms with van der Waals surface area (Å²) in [6, 6.07) is 4.14. The van der Waals surface area contributed by atoms with Crippen LogP contribution in [-0.4, -0.2) is 63.9 Å². The van der Waals surface area contributed by atoms with E-state index in [0.717, 1.165) is 38.6 Å². The van der Waals surface area contributed by atoms with E-state index in [1.807, 2.05) is 39.7 Å². The number of amides is 2. The second-order valence-electron chi connectivity index (χ2n) is 8.99. The van der Waals surface area contributed by atoms with Crippen molar-refractivity contribution in [2.24, 2.45) is 13.0 Å². The lowest BCUT2D eigenvalue weighted by Crippen LogP contribution is -2.45. The SMILES string of the molecule is Cn1cccc1C(=O)N1CCCCC1CCOC(=O)C1CC(=O)N(C2CCCC2)C1. The summed E-state index contributed by atoms with van der Waals surface area (Å²) in [6.07, 6.45) is 10.3. The van der Waals surface area contributed by atoms with E-state index in [0.29, 0.717) is 31.3 Å². The van der Waals surface area contributed by atoms with Crippen LogP contribution in [0, 0.1) is 5.92 Å². The molecule has 164 valence electrons. The zero-order valence-corrected chi connectivity index (χ0v) is 17.9. The first-order valence-electron chi connectivity index (χ1n) is 11.4. The number of hydrogen-bond donors (Lipinski definition) is 0. The van der Waals surface area contributed by atoms with Crippen LogP contribution in [0.5, 0.6) is 0 Å². The number of rotatable bonds is 6. The van der Waals surface area contributed by atoms with Gasteiger partial charge in [-0.3, -0.25) is 14.4 Å². The molecule has 2 aliphatic heterocycles. The van der Waals surface area contributed by atoms with E-state index in [9.17, 15) is 14.4 Å². The Kier molecular flexibility index (Phi) is 6.44. The molecule has 3 aliphatic rings. The van der Waals surface area contributed by atoms with Gasteiger partial charge in [0.25, 0.3) is 5.91 Å². The summed E-state index contributed by atoms with van der Waals surface area (Å²) < 4.78 is 7.42. The number of carbonyl (C=O) groups is 3. The van der Waals surface area contributed by atoms with E-state index < -0.39 is 0 Å². The maximum absolute atomic E-state index is 13.0. The van der Waals surface area contributed by atoms with Crippen molar-refractivity contribution in [3.8, 4) is 0 Å². The second-order valence-corrected chi connectivity index (χ2v) is 8.99. The number of carbonyl (C=O) groups excluding carboxylic acids is 3. The number of aryl methyl sites for hydroxylation is 1. The van der Waals surface area contributed by atoms with Gasteiger partial charge >= 0.3 is 5.97 Å². The molecule has 0 radical (unpaired) electrons. The zero-order chi connectivity index (χ0) is 21.1. The van der Waals surface area contributed by atoms with Gasteiger partial charge in [0, 0.05) is 51.3 Å². The Labute approximate surface area is 178 Å². The Balaban J connectivity index is 1.27. The predicted octanol–water partition coefficient (Wildman–Crippen LogP) is 2.74. The van der Waals surface area contributed by atoms with Gasteiger partial charge in [-0.25, -0.2) is 0 Å². The molecule has 0 bridgehead atoms. The molecule has 7 nitrogen and oxygen atoms in total. The van der Waals surface area contributed by atoms with Crippen LogP contribution < -0.4 is 0 Å². The van der Waals surface area contributed by atoms with E-state index in [4.69, 9.17) is 4.74 Å². The number of likely N-dealkylation sites (tertiary alicyclic amines) is 2. The van der Waals surface area contributed by atoms with Crippen LogP contribution in [0.2, 0.25) is 0 Å². The van der Waals surface area contributed by atoms with Crippen molar-refractivity contribution < 1.29 is 19.1 Å². The lowest BCUT2D eigenvalue weighted by molar-refractivity contribution is -0.148. The first-order valence-corrected chi connectivity index (χ1v) is 11.4. The molecule has 0 aromatic carbocycles. The Morgan fingerprint density at radius 3 is 2.63 bits per heavy atom. The minimum atomic E-state index is -0.342. The predicted molar refractivity (Wildman–Crippen MR) is 112 cm³/mol. The van der Waals surface area contributed by atoms with E-state index in [1.165, 1.54) is 12.8 Å².